The number of aryl methyl sites for hydroxylation is 1. The minimum absolute atomic E-state index is 0.162. The van der Waals surface area contributed by atoms with Gasteiger partial charge in [0.05, 0.1) is 12.6 Å². The molecule has 0 bridgehead atoms. The van der Waals surface area contributed by atoms with Gasteiger partial charge in [-0.1, -0.05) is 55.3 Å². The van der Waals surface area contributed by atoms with Crippen LogP contribution in [0.15, 0.2) is 29.4 Å². The number of hydrogen-bond donors (Lipinski definition) is 2. The van der Waals surface area contributed by atoms with Crippen molar-refractivity contribution in [3.63, 3.8) is 0 Å². The molecule has 11 heteroatoms. The Balaban J connectivity index is 2.41. The number of amidine groups is 1. The van der Waals surface area contributed by atoms with Crippen LogP contribution in [0.1, 0.15) is 85.8 Å². The highest BCUT2D eigenvalue weighted by atomic mass is 16.6. The van der Waals surface area contributed by atoms with Crippen LogP contribution >= 0.6 is 0 Å². The standard InChI is InChI=1S/C30H46N4O7/c1-10-20(3)24(31-18-23(35)40-29(4,5)6)27(37)33-17-11-12-22(33)26(36)34(28(38)41-30(7,8)9)25(32-39)21-15-13-19(2)14-16-21/h13-16,20,22,24,31,39H,10-12,17-18H2,1-9H3/t20-,22-,24-/m0/s1. The van der Waals surface area contributed by atoms with Crippen LogP contribution in [0.4, 0.5) is 4.79 Å². The molecule has 0 saturated carbocycles. The van der Waals surface area contributed by atoms with Crippen molar-refractivity contribution in [1.29, 1.82) is 0 Å². The number of nitrogens with one attached hydrogen (secondary N) is 1. The predicted octanol–water partition coefficient (Wildman–Crippen LogP) is 4.23. The van der Waals surface area contributed by atoms with Crippen LogP contribution in [0.3, 0.4) is 0 Å². The number of imide groups is 1. The summed E-state index contributed by atoms with van der Waals surface area (Å²) in [6.07, 6.45) is 0.454. The first-order chi connectivity index (χ1) is 19.0. The normalized spacial score (nSPS) is 17.5. The molecule has 2 rings (SSSR count). The summed E-state index contributed by atoms with van der Waals surface area (Å²) in [7, 11) is 0. The molecule has 0 unspecified atom stereocenters. The molecule has 41 heavy (non-hydrogen) atoms. The van der Waals surface area contributed by atoms with Gasteiger partial charge in [-0.2, -0.15) is 4.90 Å². The number of likely N-dealkylation sites (tertiary alicyclic amines) is 1. The molecule has 0 radical (unpaired) electrons. The van der Waals surface area contributed by atoms with Gasteiger partial charge in [0.15, 0.2) is 5.84 Å². The number of carbonyl (C=O) groups is 4. The summed E-state index contributed by atoms with van der Waals surface area (Å²) in [6, 6.07) is 5.01. The van der Waals surface area contributed by atoms with Gasteiger partial charge in [0.2, 0.25) is 5.91 Å². The maximum Gasteiger partial charge on any atom is 0.423 e. The molecule has 3 amide bonds. The molecule has 11 nitrogen and oxygen atoms in total. The number of rotatable bonds is 8. The van der Waals surface area contributed by atoms with E-state index in [1.165, 1.54) is 4.90 Å². The van der Waals surface area contributed by atoms with Crippen molar-refractivity contribution in [2.45, 2.75) is 105 Å². The molecule has 1 saturated heterocycles. The second kappa shape index (κ2) is 13.9. The molecule has 3 atom stereocenters. The van der Waals surface area contributed by atoms with Crippen LogP contribution < -0.4 is 5.32 Å². The topological polar surface area (TPSA) is 138 Å². The Kier molecular flexibility index (Phi) is 11.5. The Morgan fingerprint density at radius 1 is 1.07 bits per heavy atom. The average molecular weight is 575 g/mol. The van der Waals surface area contributed by atoms with Gasteiger partial charge in [-0.25, -0.2) is 4.79 Å². The second-order valence-electron chi connectivity index (χ2n) is 12.5. The van der Waals surface area contributed by atoms with Gasteiger partial charge in [-0.15, -0.1) is 0 Å². The number of nitrogens with zero attached hydrogens (tertiary/aromatic N) is 3. The second-order valence-corrected chi connectivity index (χ2v) is 12.5. The number of ether oxygens (including phenoxy) is 2. The van der Waals surface area contributed by atoms with E-state index in [0.717, 1.165) is 5.56 Å². The smallest absolute Gasteiger partial charge is 0.423 e. The van der Waals surface area contributed by atoms with E-state index in [1.807, 2.05) is 20.8 Å². The van der Waals surface area contributed by atoms with E-state index >= 15 is 0 Å². The summed E-state index contributed by atoms with van der Waals surface area (Å²) in [4.78, 5) is 55.8. The molecule has 0 aromatic heterocycles. The Labute approximate surface area is 243 Å². The zero-order valence-electron chi connectivity index (χ0n) is 25.8. The molecule has 2 N–H and O–H groups in total. The van der Waals surface area contributed by atoms with Crippen LogP contribution in [0.2, 0.25) is 0 Å². The molecule has 1 aliphatic heterocycles. The molecule has 1 heterocycles. The highest BCUT2D eigenvalue weighted by Gasteiger charge is 2.44. The first kappa shape index (κ1) is 33.7. The van der Waals surface area contributed by atoms with Gasteiger partial charge in [-0.05, 0) is 67.2 Å². The third-order valence-corrected chi connectivity index (χ3v) is 6.60. The number of benzene rings is 1. The van der Waals surface area contributed by atoms with E-state index in [1.54, 1.807) is 65.8 Å². The van der Waals surface area contributed by atoms with Crippen LogP contribution in [-0.4, -0.2) is 81.1 Å². The van der Waals surface area contributed by atoms with E-state index < -0.39 is 41.3 Å². The summed E-state index contributed by atoms with van der Waals surface area (Å²) in [5, 5.41) is 16.3. The fraction of sp³-hybridized carbons (Fsp3) is 0.633. The van der Waals surface area contributed by atoms with Crippen molar-refractivity contribution in [3.8, 4) is 0 Å². The van der Waals surface area contributed by atoms with Crippen molar-refractivity contribution in [2.24, 2.45) is 11.1 Å². The van der Waals surface area contributed by atoms with Crippen molar-refractivity contribution in [3.05, 3.63) is 35.4 Å². The van der Waals surface area contributed by atoms with E-state index in [9.17, 15) is 24.4 Å². The highest BCUT2D eigenvalue weighted by molar-refractivity contribution is 6.18. The quantitative estimate of drug-likeness (QED) is 0.155. The Hall–Kier alpha value is -3.47. The lowest BCUT2D eigenvalue weighted by Gasteiger charge is -2.34. The van der Waals surface area contributed by atoms with E-state index in [0.29, 0.717) is 29.7 Å². The number of hydrogen-bond acceptors (Lipinski definition) is 9. The number of oxime groups is 1. The zero-order chi connectivity index (χ0) is 31.1. The zero-order valence-corrected chi connectivity index (χ0v) is 25.8. The van der Waals surface area contributed by atoms with E-state index in [4.69, 9.17) is 9.47 Å². The fourth-order valence-corrected chi connectivity index (χ4v) is 4.48. The Bertz CT molecular complexity index is 1120. The summed E-state index contributed by atoms with van der Waals surface area (Å²) in [5.41, 5.74) is -0.356. The molecule has 0 aliphatic carbocycles. The lowest BCUT2D eigenvalue weighted by Crippen LogP contribution is -2.57. The monoisotopic (exact) mass is 574 g/mol. The third kappa shape index (κ3) is 9.55. The number of carbonyl (C=O) groups excluding carboxylic acids is 4. The molecule has 1 aromatic rings. The van der Waals surface area contributed by atoms with Crippen molar-refractivity contribution < 1.29 is 33.9 Å². The SMILES string of the molecule is CC[C@H](C)[C@H](NCC(=O)OC(C)(C)C)C(=O)N1CCC[C@H]1C(=O)N(C(=O)OC(C)(C)C)C(=NO)c1ccc(C)cc1. The summed E-state index contributed by atoms with van der Waals surface area (Å²) >= 11 is 0. The number of esters is 1. The van der Waals surface area contributed by atoms with E-state index in [-0.39, 0.29) is 30.8 Å². The van der Waals surface area contributed by atoms with Crippen molar-refractivity contribution in [2.75, 3.05) is 13.1 Å². The summed E-state index contributed by atoms with van der Waals surface area (Å²) in [5.74, 6) is -2.06. The van der Waals surface area contributed by atoms with Crippen LogP contribution in [0, 0.1) is 12.8 Å². The third-order valence-electron chi connectivity index (χ3n) is 6.60. The van der Waals surface area contributed by atoms with Gasteiger partial charge in [-0.3, -0.25) is 19.7 Å². The van der Waals surface area contributed by atoms with Gasteiger partial charge in [0.1, 0.15) is 17.2 Å². The summed E-state index contributed by atoms with van der Waals surface area (Å²) < 4.78 is 10.9. The number of amides is 3. The molecular formula is C30H46N4O7. The summed E-state index contributed by atoms with van der Waals surface area (Å²) in [6.45, 7) is 16.1. The van der Waals surface area contributed by atoms with E-state index in [2.05, 4.69) is 10.5 Å². The lowest BCUT2D eigenvalue weighted by molar-refractivity contribution is -0.154. The fourth-order valence-electron chi connectivity index (χ4n) is 4.48. The van der Waals surface area contributed by atoms with Crippen molar-refractivity contribution in [1.82, 2.24) is 15.1 Å². The first-order valence-corrected chi connectivity index (χ1v) is 14.1. The van der Waals surface area contributed by atoms with Crippen molar-refractivity contribution >= 4 is 29.7 Å². The molecule has 228 valence electrons. The molecule has 1 aliphatic rings. The minimum atomic E-state index is -1.02. The Morgan fingerprint density at radius 2 is 1.66 bits per heavy atom. The average Bonchev–Trinajstić information content (AvgIpc) is 3.35. The van der Waals surface area contributed by atoms with Gasteiger partial charge in [0.25, 0.3) is 5.91 Å². The van der Waals surface area contributed by atoms with Crippen LogP contribution in [0.5, 0.6) is 0 Å². The molecular weight excluding hydrogens is 528 g/mol. The molecule has 1 fully saturated rings. The van der Waals surface area contributed by atoms with Gasteiger partial charge in [0, 0.05) is 12.1 Å². The Morgan fingerprint density at radius 3 is 2.17 bits per heavy atom. The molecule has 1 aromatic carbocycles. The van der Waals surface area contributed by atoms with Crippen LogP contribution in [0.25, 0.3) is 0 Å². The van der Waals surface area contributed by atoms with Crippen LogP contribution in [-0.2, 0) is 23.9 Å². The minimum Gasteiger partial charge on any atom is -0.459 e. The maximum atomic E-state index is 14.1. The highest BCUT2D eigenvalue weighted by Crippen LogP contribution is 2.25. The maximum absolute atomic E-state index is 14.1. The lowest BCUT2D eigenvalue weighted by atomic mass is 9.97. The van der Waals surface area contributed by atoms with Gasteiger partial charge < -0.3 is 19.6 Å². The predicted molar refractivity (Wildman–Crippen MR) is 154 cm³/mol. The van der Waals surface area contributed by atoms with Gasteiger partial charge >= 0.3 is 12.1 Å². The molecule has 0 spiro atoms. The largest absolute Gasteiger partial charge is 0.459 e. The first-order valence-electron chi connectivity index (χ1n) is 14.1.